The van der Waals surface area contributed by atoms with Gasteiger partial charge in [-0.3, -0.25) is 4.79 Å². The molecule has 17 heavy (non-hydrogen) atoms. The minimum Gasteiger partial charge on any atom is -0.396 e. The smallest absolute Gasteiger partial charge is 0.155 e. The van der Waals surface area contributed by atoms with Crippen molar-refractivity contribution in [1.29, 1.82) is 0 Å². The quantitative estimate of drug-likeness (QED) is 0.629. The lowest BCUT2D eigenvalue weighted by atomic mass is 10.1. The van der Waals surface area contributed by atoms with Crippen molar-refractivity contribution in [2.45, 2.75) is 25.0 Å². The van der Waals surface area contributed by atoms with Gasteiger partial charge in [0.2, 0.25) is 0 Å². The van der Waals surface area contributed by atoms with Gasteiger partial charge in [-0.1, -0.05) is 0 Å². The number of aromatic nitrogens is 2. The lowest BCUT2D eigenvalue weighted by Crippen LogP contribution is -2.18. The van der Waals surface area contributed by atoms with Gasteiger partial charge in [0.25, 0.3) is 0 Å². The van der Waals surface area contributed by atoms with Gasteiger partial charge in [0.1, 0.15) is 12.1 Å². The summed E-state index contributed by atoms with van der Waals surface area (Å²) >= 11 is 0. The molecule has 0 spiro atoms. The fourth-order valence-electron chi connectivity index (χ4n) is 2.16. The number of hydrogen-bond donors (Lipinski definition) is 3. The van der Waals surface area contributed by atoms with Gasteiger partial charge in [0, 0.05) is 24.8 Å². The number of anilines is 1. The average molecular weight is 237 g/mol. The van der Waals surface area contributed by atoms with Crippen LogP contribution < -0.4 is 5.32 Å². The number of aliphatic hydroxyl groups excluding tert-OH is 2. The molecule has 6 nitrogen and oxygen atoms in total. The maximum absolute atomic E-state index is 10.8. The zero-order chi connectivity index (χ0) is 12.3. The third-order valence-corrected chi connectivity index (χ3v) is 3.10. The number of nitrogens with one attached hydrogen (secondary N) is 1. The minimum atomic E-state index is -0.501. The van der Waals surface area contributed by atoms with Crippen LogP contribution >= 0.6 is 0 Å². The van der Waals surface area contributed by atoms with Gasteiger partial charge in [0.05, 0.1) is 11.7 Å². The lowest BCUT2D eigenvalue weighted by Gasteiger charge is -2.13. The number of aldehydes is 1. The van der Waals surface area contributed by atoms with Crippen molar-refractivity contribution in [3.63, 3.8) is 0 Å². The Hall–Kier alpha value is -1.53. The normalized spacial score (nSPS) is 28.0. The Morgan fingerprint density at radius 1 is 1.53 bits per heavy atom. The highest BCUT2D eigenvalue weighted by atomic mass is 16.3. The molecule has 0 aromatic carbocycles. The largest absolute Gasteiger partial charge is 0.396 e. The highest BCUT2D eigenvalue weighted by Crippen LogP contribution is 2.28. The van der Waals surface area contributed by atoms with E-state index in [1.165, 1.54) is 12.5 Å². The number of carbonyl (C=O) groups excluding carboxylic acids is 1. The summed E-state index contributed by atoms with van der Waals surface area (Å²) in [7, 11) is 0. The van der Waals surface area contributed by atoms with E-state index in [0.29, 0.717) is 30.5 Å². The first-order valence-electron chi connectivity index (χ1n) is 5.55. The van der Waals surface area contributed by atoms with Gasteiger partial charge in [-0.25, -0.2) is 9.97 Å². The summed E-state index contributed by atoms with van der Waals surface area (Å²) in [5, 5.41) is 21.8. The van der Waals surface area contributed by atoms with Crippen LogP contribution in [0.15, 0.2) is 12.5 Å². The van der Waals surface area contributed by atoms with Crippen LogP contribution in [-0.4, -0.2) is 45.2 Å². The zero-order valence-corrected chi connectivity index (χ0v) is 9.28. The van der Waals surface area contributed by atoms with E-state index in [2.05, 4.69) is 15.3 Å². The second-order valence-corrected chi connectivity index (χ2v) is 4.27. The van der Waals surface area contributed by atoms with Crippen molar-refractivity contribution in [2.75, 3.05) is 11.9 Å². The van der Waals surface area contributed by atoms with Gasteiger partial charge >= 0.3 is 0 Å². The van der Waals surface area contributed by atoms with Gasteiger partial charge < -0.3 is 15.5 Å². The molecule has 1 aliphatic carbocycles. The summed E-state index contributed by atoms with van der Waals surface area (Å²) in [4.78, 5) is 18.5. The number of rotatable bonds is 4. The van der Waals surface area contributed by atoms with Gasteiger partial charge in [-0.05, 0) is 12.8 Å². The second-order valence-electron chi connectivity index (χ2n) is 4.27. The summed E-state index contributed by atoms with van der Waals surface area (Å²) in [5.74, 6) is 0.375. The standard InChI is InChI=1S/C11H15N3O3/c15-4-7-1-9(2-10(7)17)14-11-8(5-16)3-12-6-13-11/h3,5-7,9-10,15,17H,1-2,4H2,(H,12,13,14)/t7-,9+,10-/m0/s1. The molecule has 1 fully saturated rings. The molecule has 0 radical (unpaired) electrons. The molecule has 0 amide bonds. The van der Waals surface area contributed by atoms with Crippen LogP contribution in [0.2, 0.25) is 0 Å². The van der Waals surface area contributed by atoms with Crippen molar-refractivity contribution >= 4 is 12.1 Å². The van der Waals surface area contributed by atoms with E-state index in [9.17, 15) is 9.90 Å². The number of hydrogen-bond acceptors (Lipinski definition) is 6. The van der Waals surface area contributed by atoms with Crippen LogP contribution in [0.1, 0.15) is 23.2 Å². The predicted molar refractivity (Wildman–Crippen MR) is 60.6 cm³/mol. The third kappa shape index (κ3) is 2.59. The predicted octanol–water partition coefficient (Wildman–Crippen LogP) is -0.167. The number of nitrogens with zero attached hydrogens (tertiary/aromatic N) is 2. The Morgan fingerprint density at radius 3 is 3.00 bits per heavy atom. The second kappa shape index (κ2) is 5.20. The van der Waals surface area contributed by atoms with Gasteiger partial charge in [0.15, 0.2) is 6.29 Å². The molecule has 1 heterocycles. The van der Waals surface area contributed by atoms with Crippen LogP contribution in [0.5, 0.6) is 0 Å². The van der Waals surface area contributed by atoms with E-state index >= 15 is 0 Å². The monoisotopic (exact) mass is 237 g/mol. The summed E-state index contributed by atoms with van der Waals surface area (Å²) in [6.07, 6.45) is 4.21. The SMILES string of the molecule is O=Cc1cncnc1N[C@@H]1C[C@@H](CO)[C@@H](O)C1. The molecule has 1 aromatic heterocycles. The Kier molecular flexibility index (Phi) is 3.65. The molecule has 1 saturated carbocycles. The average Bonchev–Trinajstić information content (AvgIpc) is 2.70. The van der Waals surface area contributed by atoms with E-state index in [-0.39, 0.29) is 18.6 Å². The topological polar surface area (TPSA) is 95.3 Å². The molecule has 3 atom stereocenters. The number of aliphatic hydroxyl groups is 2. The molecule has 1 aliphatic rings. The summed E-state index contributed by atoms with van der Waals surface area (Å²) in [5.41, 5.74) is 0.398. The first kappa shape index (κ1) is 11.9. The molecule has 3 N–H and O–H groups in total. The molecule has 0 unspecified atom stereocenters. The first-order chi connectivity index (χ1) is 8.24. The molecular formula is C11H15N3O3. The van der Waals surface area contributed by atoms with E-state index in [0.717, 1.165) is 0 Å². The molecule has 1 aromatic rings. The number of carbonyl (C=O) groups is 1. The Labute approximate surface area is 98.7 Å². The molecule has 0 aliphatic heterocycles. The zero-order valence-electron chi connectivity index (χ0n) is 9.28. The highest BCUT2D eigenvalue weighted by molar-refractivity contribution is 5.81. The van der Waals surface area contributed by atoms with Gasteiger partial charge in [-0.2, -0.15) is 0 Å². The highest BCUT2D eigenvalue weighted by Gasteiger charge is 2.32. The van der Waals surface area contributed by atoms with Crippen molar-refractivity contribution < 1.29 is 15.0 Å². The van der Waals surface area contributed by atoms with Crippen LogP contribution in [-0.2, 0) is 0 Å². The molecule has 6 heteroatoms. The molecule has 0 saturated heterocycles. The van der Waals surface area contributed by atoms with E-state index in [1.54, 1.807) is 0 Å². The first-order valence-corrected chi connectivity index (χ1v) is 5.55. The van der Waals surface area contributed by atoms with Crippen molar-refractivity contribution in [1.82, 2.24) is 9.97 Å². The lowest BCUT2D eigenvalue weighted by molar-refractivity contribution is 0.0908. The van der Waals surface area contributed by atoms with Crippen molar-refractivity contribution in [2.24, 2.45) is 5.92 Å². The van der Waals surface area contributed by atoms with Crippen LogP contribution in [0.4, 0.5) is 5.82 Å². The maximum atomic E-state index is 10.8. The van der Waals surface area contributed by atoms with Crippen LogP contribution in [0, 0.1) is 5.92 Å². The molecule has 0 bridgehead atoms. The molecule has 2 rings (SSSR count). The van der Waals surface area contributed by atoms with Crippen LogP contribution in [0.3, 0.4) is 0 Å². The summed E-state index contributed by atoms with van der Waals surface area (Å²) in [6.45, 7) is -0.0241. The summed E-state index contributed by atoms with van der Waals surface area (Å²) in [6, 6.07) is 0.0238. The van der Waals surface area contributed by atoms with Gasteiger partial charge in [-0.15, -0.1) is 0 Å². The maximum Gasteiger partial charge on any atom is 0.155 e. The fraction of sp³-hybridized carbons (Fsp3) is 0.545. The summed E-state index contributed by atoms with van der Waals surface area (Å²) < 4.78 is 0. The third-order valence-electron chi connectivity index (χ3n) is 3.10. The van der Waals surface area contributed by atoms with Crippen molar-refractivity contribution in [3.8, 4) is 0 Å². The molecular weight excluding hydrogens is 222 g/mol. The fourth-order valence-corrected chi connectivity index (χ4v) is 2.16. The van der Waals surface area contributed by atoms with Crippen LogP contribution in [0.25, 0.3) is 0 Å². The Bertz CT molecular complexity index is 399. The van der Waals surface area contributed by atoms with Crippen molar-refractivity contribution in [3.05, 3.63) is 18.1 Å². The Morgan fingerprint density at radius 2 is 2.35 bits per heavy atom. The van der Waals surface area contributed by atoms with E-state index in [4.69, 9.17) is 5.11 Å². The van der Waals surface area contributed by atoms with E-state index < -0.39 is 6.10 Å². The minimum absolute atomic E-state index is 0.0238. The Balaban J connectivity index is 2.04. The van der Waals surface area contributed by atoms with E-state index in [1.807, 2.05) is 0 Å². The molecule has 92 valence electrons.